The van der Waals surface area contributed by atoms with Gasteiger partial charge in [-0.3, -0.25) is 4.79 Å². The number of hydrogen-bond donors (Lipinski definition) is 1. The first-order chi connectivity index (χ1) is 14.6. The predicted octanol–water partition coefficient (Wildman–Crippen LogP) is 3.30. The van der Waals surface area contributed by atoms with Gasteiger partial charge in [0, 0.05) is 25.4 Å². The Labute approximate surface area is 177 Å². The minimum atomic E-state index is -0.0528. The van der Waals surface area contributed by atoms with Crippen molar-refractivity contribution in [3.63, 3.8) is 0 Å². The van der Waals surface area contributed by atoms with Crippen LogP contribution in [-0.4, -0.2) is 42.2 Å². The summed E-state index contributed by atoms with van der Waals surface area (Å²) >= 11 is 0. The minimum absolute atomic E-state index is 0.0528. The second-order valence-corrected chi connectivity index (χ2v) is 8.83. The second-order valence-electron chi connectivity index (χ2n) is 8.83. The van der Waals surface area contributed by atoms with Crippen LogP contribution in [0.4, 0.5) is 0 Å². The first-order valence-electron chi connectivity index (χ1n) is 11.0. The van der Waals surface area contributed by atoms with Crippen molar-refractivity contribution in [2.45, 2.75) is 71.4 Å². The molecule has 1 aliphatic carbocycles. The van der Waals surface area contributed by atoms with Crippen LogP contribution >= 0.6 is 0 Å². The van der Waals surface area contributed by atoms with E-state index in [1.165, 1.54) is 6.42 Å². The van der Waals surface area contributed by atoms with Crippen LogP contribution in [-0.2, 0) is 17.8 Å². The lowest BCUT2D eigenvalue weighted by Gasteiger charge is -2.36. The number of tetrazole rings is 1. The fourth-order valence-electron chi connectivity index (χ4n) is 4.85. The molecule has 4 rings (SSSR count). The summed E-state index contributed by atoms with van der Waals surface area (Å²) in [5, 5.41) is 14.7. The molecule has 0 spiro atoms. The molecule has 0 aliphatic heterocycles. The largest absolute Gasteiger partial charge is 0.356 e. The maximum absolute atomic E-state index is 12.8. The Morgan fingerprint density at radius 2 is 2.00 bits per heavy atom. The molecule has 0 atom stereocenters. The lowest BCUT2D eigenvalue weighted by molar-refractivity contribution is -0.124. The molecule has 0 unspecified atom stereocenters. The zero-order chi connectivity index (χ0) is 21.0. The number of rotatable bonds is 8. The molecule has 160 valence electrons. The van der Waals surface area contributed by atoms with E-state index < -0.39 is 0 Å². The first kappa shape index (κ1) is 20.5. The Hall–Kier alpha value is -2.77. The van der Waals surface area contributed by atoms with Crippen LogP contribution in [0.5, 0.6) is 0 Å². The van der Waals surface area contributed by atoms with E-state index in [1.54, 1.807) is 11.0 Å². The van der Waals surface area contributed by atoms with E-state index in [9.17, 15) is 4.79 Å². The van der Waals surface area contributed by atoms with Crippen LogP contribution < -0.4 is 5.32 Å². The van der Waals surface area contributed by atoms with Gasteiger partial charge in [0.05, 0.1) is 17.6 Å². The Bertz CT molecular complexity index is 971. The van der Waals surface area contributed by atoms with E-state index in [0.717, 1.165) is 49.0 Å². The highest BCUT2D eigenvalue weighted by Crippen LogP contribution is 2.40. The van der Waals surface area contributed by atoms with E-state index >= 15 is 0 Å². The number of hydrogen-bond acceptors (Lipinski definition) is 5. The second kappa shape index (κ2) is 8.93. The quantitative estimate of drug-likeness (QED) is 0.616. The molecule has 0 bridgehead atoms. The predicted molar refractivity (Wildman–Crippen MR) is 115 cm³/mol. The fraction of sp³-hybridized carbons (Fsp3) is 0.591. The van der Waals surface area contributed by atoms with Crippen LogP contribution in [0.3, 0.4) is 0 Å². The molecular formula is C22H31N7O. The van der Waals surface area contributed by atoms with Gasteiger partial charge in [0.1, 0.15) is 12.2 Å². The summed E-state index contributed by atoms with van der Waals surface area (Å²) in [6, 6.07) is 8.53. The molecule has 1 N–H and O–H groups in total. The van der Waals surface area contributed by atoms with Gasteiger partial charge in [0.25, 0.3) is 0 Å². The summed E-state index contributed by atoms with van der Waals surface area (Å²) in [4.78, 5) is 17.6. The normalized spacial score (nSPS) is 16.2. The average molecular weight is 410 g/mol. The van der Waals surface area contributed by atoms with Gasteiger partial charge < -0.3 is 9.88 Å². The Kier molecular flexibility index (Phi) is 6.11. The highest BCUT2D eigenvalue weighted by Gasteiger charge is 2.35. The molecule has 8 heteroatoms. The Morgan fingerprint density at radius 3 is 2.73 bits per heavy atom. The molecule has 30 heavy (non-hydrogen) atoms. The highest BCUT2D eigenvalue weighted by atomic mass is 16.1. The Morgan fingerprint density at radius 1 is 1.20 bits per heavy atom. The van der Waals surface area contributed by atoms with E-state index in [4.69, 9.17) is 4.98 Å². The molecule has 1 aromatic carbocycles. The first-order valence-corrected chi connectivity index (χ1v) is 11.0. The maximum atomic E-state index is 12.8. The van der Waals surface area contributed by atoms with Crippen LogP contribution in [0, 0.1) is 5.41 Å². The van der Waals surface area contributed by atoms with E-state index in [1.807, 2.05) is 18.2 Å². The standard InChI is InChI=1S/C22H31N7O/c1-17(2)29-19-9-5-4-8-18(19)25-20(29)10-13-23-21(30)14-22(11-6-3-7-12-22)15-28-16-24-26-27-28/h4-5,8-9,16-17H,3,6-7,10-15H2,1-2H3,(H,23,30). The van der Waals surface area contributed by atoms with Crippen molar-refractivity contribution in [1.82, 2.24) is 35.1 Å². The third kappa shape index (κ3) is 4.52. The third-order valence-electron chi connectivity index (χ3n) is 6.19. The molecule has 1 fully saturated rings. The van der Waals surface area contributed by atoms with Crippen LogP contribution in [0.15, 0.2) is 30.6 Å². The van der Waals surface area contributed by atoms with E-state index in [-0.39, 0.29) is 11.3 Å². The summed E-state index contributed by atoms with van der Waals surface area (Å²) in [6.45, 7) is 5.64. The van der Waals surface area contributed by atoms with Gasteiger partial charge in [0.15, 0.2) is 0 Å². The van der Waals surface area contributed by atoms with Gasteiger partial charge in [-0.25, -0.2) is 9.67 Å². The highest BCUT2D eigenvalue weighted by molar-refractivity contribution is 5.77. The number of amides is 1. The molecule has 2 aromatic heterocycles. The van der Waals surface area contributed by atoms with Crippen molar-refractivity contribution >= 4 is 16.9 Å². The van der Waals surface area contributed by atoms with Crippen molar-refractivity contribution in [3.05, 3.63) is 36.4 Å². The van der Waals surface area contributed by atoms with Gasteiger partial charge >= 0.3 is 0 Å². The molecule has 0 radical (unpaired) electrons. The number of benzene rings is 1. The lowest BCUT2D eigenvalue weighted by Crippen LogP contribution is -2.37. The molecule has 1 saturated carbocycles. The third-order valence-corrected chi connectivity index (χ3v) is 6.19. The van der Waals surface area contributed by atoms with Crippen molar-refractivity contribution in [2.75, 3.05) is 6.54 Å². The topological polar surface area (TPSA) is 90.5 Å². The number of aromatic nitrogens is 6. The number of carbonyl (C=O) groups is 1. The number of fused-ring (bicyclic) bond motifs is 1. The van der Waals surface area contributed by atoms with Crippen LogP contribution in [0.2, 0.25) is 0 Å². The maximum Gasteiger partial charge on any atom is 0.220 e. The van der Waals surface area contributed by atoms with Crippen molar-refractivity contribution in [2.24, 2.45) is 5.41 Å². The number of para-hydroxylation sites is 2. The SMILES string of the molecule is CC(C)n1c(CCNC(=O)CC2(Cn3cnnn3)CCCCC2)nc2ccccc21. The van der Waals surface area contributed by atoms with Crippen LogP contribution in [0.1, 0.15) is 64.2 Å². The van der Waals surface area contributed by atoms with Gasteiger partial charge in [-0.2, -0.15) is 0 Å². The van der Waals surface area contributed by atoms with E-state index in [2.05, 4.69) is 45.3 Å². The molecule has 8 nitrogen and oxygen atoms in total. The van der Waals surface area contributed by atoms with Crippen molar-refractivity contribution in [1.29, 1.82) is 0 Å². The number of carbonyl (C=O) groups excluding carboxylic acids is 1. The molecular weight excluding hydrogens is 378 g/mol. The Balaban J connectivity index is 1.38. The molecule has 0 saturated heterocycles. The fourth-order valence-corrected chi connectivity index (χ4v) is 4.85. The smallest absolute Gasteiger partial charge is 0.220 e. The lowest BCUT2D eigenvalue weighted by atomic mass is 9.71. The van der Waals surface area contributed by atoms with Gasteiger partial charge in [-0.05, 0) is 54.7 Å². The number of nitrogens with one attached hydrogen (secondary N) is 1. The van der Waals surface area contributed by atoms with Crippen LogP contribution in [0.25, 0.3) is 11.0 Å². The molecule has 2 heterocycles. The summed E-state index contributed by atoms with van der Waals surface area (Å²) in [5.41, 5.74) is 2.11. The average Bonchev–Trinajstić information content (AvgIpc) is 3.35. The zero-order valence-electron chi connectivity index (χ0n) is 17.9. The van der Waals surface area contributed by atoms with Gasteiger partial charge in [-0.15, -0.1) is 5.10 Å². The summed E-state index contributed by atoms with van der Waals surface area (Å²) in [5.74, 6) is 1.13. The molecule has 1 amide bonds. The minimum Gasteiger partial charge on any atom is -0.356 e. The zero-order valence-corrected chi connectivity index (χ0v) is 17.9. The van der Waals surface area contributed by atoms with Gasteiger partial charge in [-0.1, -0.05) is 31.4 Å². The van der Waals surface area contributed by atoms with Gasteiger partial charge in [0.2, 0.25) is 5.91 Å². The summed E-state index contributed by atoms with van der Waals surface area (Å²) < 4.78 is 4.03. The van der Waals surface area contributed by atoms with Crippen molar-refractivity contribution in [3.8, 4) is 0 Å². The molecule has 3 aromatic rings. The monoisotopic (exact) mass is 409 g/mol. The molecule has 1 aliphatic rings. The van der Waals surface area contributed by atoms with E-state index in [0.29, 0.717) is 25.6 Å². The number of nitrogens with zero attached hydrogens (tertiary/aromatic N) is 6. The summed E-state index contributed by atoms with van der Waals surface area (Å²) in [7, 11) is 0. The van der Waals surface area contributed by atoms with Crippen molar-refractivity contribution < 1.29 is 4.79 Å². The number of imidazole rings is 1. The summed E-state index contributed by atoms with van der Waals surface area (Å²) in [6.07, 6.45) is 8.54.